The largest absolute Gasteiger partial charge is 0.507 e. The molecule has 0 bridgehead atoms. The summed E-state index contributed by atoms with van der Waals surface area (Å²) in [7, 11) is 0. The van der Waals surface area contributed by atoms with Crippen LogP contribution in [0.5, 0.6) is 11.5 Å². The predicted molar refractivity (Wildman–Crippen MR) is 67.6 cm³/mol. The third kappa shape index (κ3) is 2.39. The van der Waals surface area contributed by atoms with Crippen LogP contribution in [0.1, 0.15) is 16.8 Å². The monoisotopic (exact) mass is 299 g/mol. The molecule has 1 aromatic carbocycles. The van der Waals surface area contributed by atoms with Crippen LogP contribution in [0.4, 0.5) is 0 Å². The van der Waals surface area contributed by atoms with E-state index < -0.39 is 0 Å². The molecular weight excluding hydrogens is 286 g/mol. The Hall–Kier alpha value is -1.23. The third-order valence-corrected chi connectivity index (χ3v) is 3.94. The van der Waals surface area contributed by atoms with Gasteiger partial charge in [-0.1, -0.05) is 22.0 Å². The van der Waals surface area contributed by atoms with Crippen LogP contribution >= 0.6 is 15.9 Å². The molecule has 0 radical (unpaired) electrons. The maximum absolute atomic E-state index is 12.1. The van der Waals surface area contributed by atoms with Gasteiger partial charge in [0.15, 0.2) is 0 Å². The molecule has 1 unspecified atom stereocenters. The number of alkyl halides is 1. The number of benzene rings is 1. The number of hydrogen-bond acceptors (Lipinski definition) is 3. The Morgan fingerprint density at radius 2 is 2.06 bits per heavy atom. The van der Waals surface area contributed by atoms with Gasteiger partial charge in [-0.05, 0) is 24.5 Å². The molecule has 1 aromatic rings. The van der Waals surface area contributed by atoms with Crippen molar-refractivity contribution >= 4 is 21.8 Å². The summed E-state index contributed by atoms with van der Waals surface area (Å²) in [6, 6.07) is 4.32. The van der Waals surface area contributed by atoms with Gasteiger partial charge in [-0.3, -0.25) is 4.79 Å². The van der Waals surface area contributed by atoms with Gasteiger partial charge in [0.2, 0.25) is 0 Å². The predicted octanol–water partition coefficient (Wildman–Crippen LogP) is 1.95. The Morgan fingerprint density at radius 1 is 1.41 bits per heavy atom. The second-order valence-electron chi connectivity index (χ2n) is 4.23. The van der Waals surface area contributed by atoms with Crippen LogP contribution in [0.3, 0.4) is 0 Å². The zero-order valence-electron chi connectivity index (χ0n) is 9.27. The topological polar surface area (TPSA) is 60.8 Å². The van der Waals surface area contributed by atoms with Gasteiger partial charge in [0, 0.05) is 18.4 Å². The Labute approximate surface area is 108 Å². The van der Waals surface area contributed by atoms with E-state index in [4.69, 9.17) is 0 Å². The highest BCUT2D eigenvalue weighted by Gasteiger charge is 2.29. The standard InChI is InChI=1S/C12H14BrNO3/c13-6-8-4-5-14(7-8)12(17)11-9(15)2-1-3-10(11)16/h1-3,8,15-16H,4-7H2. The first-order chi connectivity index (χ1) is 8.13. The van der Waals surface area contributed by atoms with Gasteiger partial charge in [0.25, 0.3) is 5.91 Å². The van der Waals surface area contributed by atoms with Crippen molar-refractivity contribution in [2.24, 2.45) is 5.92 Å². The van der Waals surface area contributed by atoms with Gasteiger partial charge >= 0.3 is 0 Å². The fourth-order valence-electron chi connectivity index (χ4n) is 2.05. The Bertz CT molecular complexity index is 416. The molecule has 1 atom stereocenters. The molecule has 1 amide bonds. The molecular formula is C12H14BrNO3. The summed E-state index contributed by atoms with van der Waals surface area (Å²) >= 11 is 3.40. The highest BCUT2D eigenvalue weighted by atomic mass is 79.9. The van der Waals surface area contributed by atoms with Crippen molar-refractivity contribution in [3.05, 3.63) is 23.8 Å². The van der Waals surface area contributed by atoms with Crippen LogP contribution in [0.2, 0.25) is 0 Å². The van der Waals surface area contributed by atoms with Gasteiger partial charge < -0.3 is 15.1 Å². The number of nitrogens with zero attached hydrogens (tertiary/aromatic N) is 1. The molecule has 17 heavy (non-hydrogen) atoms. The lowest BCUT2D eigenvalue weighted by atomic mass is 10.1. The van der Waals surface area contributed by atoms with Crippen molar-refractivity contribution in [2.45, 2.75) is 6.42 Å². The van der Waals surface area contributed by atoms with E-state index >= 15 is 0 Å². The summed E-state index contributed by atoms with van der Waals surface area (Å²) in [5.74, 6) is -0.189. The molecule has 1 fully saturated rings. The van der Waals surface area contributed by atoms with Crippen molar-refractivity contribution in [1.82, 2.24) is 4.90 Å². The number of rotatable bonds is 2. The van der Waals surface area contributed by atoms with Crippen LogP contribution in [-0.2, 0) is 0 Å². The van der Waals surface area contributed by atoms with Crippen LogP contribution in [0.15, 0.2) is 18.2 Å². The Kier molecular flexibility index (Phi) is 3.57. The first kappa shape index (κ1) is 12.2. The summed E-state index contributed by atoms with van der Waals surface area (Å²) in [4.78, 5) is 13.8. The lowest BCUT2D eigenvalue weighted by Gasteiger charge is -2.17. The quantitative estimate of drug-likeness (QED) is 0.821. The highest BCUT2D eigenvalue weighted by Crippen LogP contribution is 2.29. The molecule has 5 heteroatoms. The molecule has 2 rings (SSSR count). The zero-order chi connectivity index (χ0) is 12.4. The van der Waals surface area contributed by atoms with E-state index in [0.29, 0.717) is 19.0 Å². The van der Waals surface area contributed by atoms with Crippen LogP contribution in [0.25, 0.3) is 0 Å². The lowest BCUT2D eigenvalue weighted by Crippen LogP contribution is -2.29. The van der Waals surface area contributed by atoms with Crippen molar-refractivity contribution in [2.75, 3.05) is 18.4 Å². The number of phenols is 2. The molecule has 92 valence electrons. The van der Waals surface area contributed by atoms with Gasteiger partial charge in [-0.25, -0.2) is 0 Å². The number of halogens is 1. The molecule has 4 nitrogen and oxygen atoms in total. The smallest absolute Gasteiger partial charge is 0.261 e. The Morgan fingerprint density at radius 3 is 2.59 bits per heavy atom. The normalized spacial score (nSPS) is 19.6. The van der Waals surface area contributed by atoms with Crippen molar-refractivity contribution in [1.29, 1.82) is 0 Å². The van der Waals surface area contributed by atoms with Crippen molar-refractivity contribution < 1.29 is 15.0 Å². The molecule has 1 saturated heterocycles. The molecule has 0 aliphatic carbocycles. The van der Waals surface area contributed by atoms with E-state index in [1.165, 1.54) is 18.2 Å². The number of carbonyl (C=O) groups is 1. The Balaban J connectivity index is 2.21. The number of likely N-dealkylation sites (tertiary alicyclic amines) is 1. The number of hydrogen-bond donors (Lipinski definition) is 2. The molecule has 1 aliphatic heterocycles. The lowest BCUT2D eigenvalue weighted by molar-refractivity contribution is 0.0782. The van der Waals surface area contributed by atoms with E-state index in [-0.39, 0.29) is 23.0 Å². The maximum Gasteiger partial charge on any atom is 0.261 e. The number of amides is 1. The summed E-state index contributed by atoms with van der Waals surface area (Å²) < 4.78 is 0. The van der Waals surface area contributed by atoms with Crippen molar-refractivity contribution in [3.63, 3.8) is 0 Å². The van der Waals surface area contributed by atoms with E-state index in [9.17, 15) is 15.0 Å². The van der Waals surface area contributed by atoms with Crippen molar-refractivity contribution in [3.8, 4) is 11.5 Å². The molecule has 0 aromatic heterocycles. The van der Waals surface area contributed by atoms with Crippen LogP contribution < -0.4 is 0 Å². The van der Waals surface area contributed by atoms with Crippen LogP contribution in [0, 0.1) is 5.92 Å². The molecule has 1 heterocycles. The summed E-state index contributed by atoms with van der Waals surface area (Å²) in [6.07, 6.45) is 0.950. The van der Waals surface area contributed by atoms with E-state index in [0.717, 1.165) is 11.8 Å². The van der Waals surface area contributed by atoms with E-state index in [2.05, 4.69) is 15.9 Å². The first-order valence-electron chi connectivity index (χ1n) is 5.49. The van der Waals surface area contributed by atoms with Gasteiger partial charge in [-0.2, -0.15) is 0 Å². The average Bonchev–Trinajstić information content (AvgIpc) is 2.77. The highest BCUT2D eigenvalue weighted by molar-refractivity contribution is 9.09. The third-order valence-electron chi connectivity index (χ3n) is 3.03. The second-order valence-corrected chi connectivity index (χ2v) is 4.88. The zero-order valence-corrected chi connectivity index (χ0v) is 10.9. The minimum atomic E-state index is -0.302. The molecule has 0 saturated carbocycles. The van der Waals surface area contributed by atoms with Gasteiger partial charge in [0.05, 0.1) is 0 Å². The van der Waals surface area contributed by atoms with Crippen LogP contribution in [-0.4, -0.2) is 39.4 Å². The second kappa shape index (κ2) is 4.96. The first-order valence-corrected chi connectivity index (χ1v) is 6.61. The fraction of sp³-hybridized carbons (Fsp3) is 0.417. The minimum Gasteiger partial charge on any atom is -0.507 e. The summed E-state index contributed by atoms with van der Waals surface area (Å²) in [6.45, 7) is 1.33. The minimum absolute atomic E-state index is 0.00252. The molecule has 2 N–H and O–H groups in total. The number of carbonyl (C=O) groups excluding carboxylic acids is 1. The SMILES string of the molecule is O=C(c1c(O)cccc1O)N1CCC(CBr)C1. The molecule has 1 aliphatic rings. The van der Waals surface area contributed by atoms with E-state index in [1.807, 2.05) is 0 Å². The maximum atomic E-state index is 12.1. The summed E-state index contributed by atoms with van der Waals surface area (Å²) in [5, 5.41) is 20.1. The number of phenolic OH excluding ortho intramolecular Hbond substituents is 2. The van der Waals surface area contributed by atoms with Gasteiger partial charge in [-0.15, -0.1) is 0 Å². The fourth-order valence-corrected chi connectivity index (χ4v) is 2.58. The number of aromatic hydroxyl groups is 2. The average molecular weight is 300 g/mol. The van der Waals surface area contributed by atoms with Gasteiger partial charge in [0.1, 0.15) is 17.1 Å². The van der Waals surface area contributed by atoms with E-state index in [1.54, 1.807) is 4.90 Å². The molecule has 0 spiro atoms. The summed E-state index contributed by atoms with van der Waals surface area (Å²) in [5.41, 5.74) is 0.00252.